The summed E-state index contributed by atoms with van der Waals surface area (Å²) in [6, 6.07) is 13.5. The van der Waals surface area contributed by atoms with E-state index in [1.54, 1.807) is 12.1 Å². The molecule has 0 radical (unpaired) electrons. The van der Waals surface area contributed by atoms with Gasteiger partial charge in [0.05, 0.1) is 24.7 Å². The van der Waals surface area contributed by atoms with E-state index in [2.05, 4.69) is 14.9 Å². The number of methoxy groups -OCH3 is 1. The second-order valence-corrected chi connectivity index (χ2v) is 9.32. The lowest BCUT2D eigenvalue weighted by Gasteiger charge is -2.26. The molecule has 3 rings (SSSR count). The van der Waals surface area contributed by atoms with Crippen LogP contribution in [0.25, 0.3) is 0 Å². The third-order valence-electron chi connectivity index (χ3n) is 5.14. The number of sulfonamides is 1. The van der Waals surface area contributed by atoms with Crippen LogP contribution in [0, 0.1) is 0 Å². The summed E-state index contributed by atoms with van der Waals surface area (Å²) in [5.41, 5.74) is 1.15. The summed E-state index contributed by atoms with van der Waals surface area (Å²) < 4.78 is 43.2. The van der Waals surface area contributed by atoms with Crippen LogP contribution in [0.15, 0.2) is 53.4 Å². The van der Waals surface area contributed by atoms with Crippen molar-refractivity contribution in [2.75, 3.05) is 59.7 Å². The first-order valence-electron chi connectivity index (χ1n) is 10.9. The van der Waals surface area contributed by atoms with Crippen molar-refractivity contribution < 1.29 is 27.4 Å². The van der Waals surface area contributed by atoms with Crippen LogP contribution in [0.5, 0.6) is 5.75 Å². The molecule has 0 aliphatic carbocycles. The van der Waals surface area contributed by atoms with Crippen LogP contribution in [0.2, 0.25) is 0 Å². The first-order valence-corrected chi connectivity index (χ1v) is 12.3. The maximum absolute atomic E-state index is 12.6. The summed E-state index contributed by atoms with van der Waals surface area (Å²) in [5, 5.41) is 2.83. The van der Waals surface area contributed by atoms with Gasteiger partial charge < -0.3 is 19.5 Å². The second-order valence-electron chi connectivity index (χ2n) is 7.55. The largest absolute Gasteiger partial charge is 0.492 e. The van der Waals surface area contributed by atoms with Crippen molar-refractivity contribution in [2.45, 2.75) is 11.4 Å². The molecule has 2 aromatic rings. The second kappa shape index (κ2) is 12.7. The van der Waals surface area contributed by atoms with Crippen LogP contribution in [-0.2, 0) is 26.0 Å². The maximum Gasteiger partial charge on any atom is 0.251 e. The predicted molar refractivity (Wildman–Crippen MR) is 124 cm³/mol. The van der Waals surface area contributed by atoms with Gasteiger partial charge in [-0.2, -0.15) is 0 Å². The Hall–Kier alpha value is -2.50. The summed E-state index contributed by atoms with van der Waals surface area (Å²) in [6.07, 6.45) is 0. The molecule has 0 spiro atoms. The Morgan fingerprint density at radius 3 is 2.67 bits per heavy atom. The van der Waals surface area contributed by atoms with Gasteiger partial charge in [0, 0.05) is 45.4 Å². The van der Waals surface area contributed by atoms with E-state index in [-0.39, 0.29) is 29.5 Å². The Morgan fingerprint density at radius 2 is 1.88 bits per heavy atom. The lowest BCUT2D eigenvalue weighted by Crippen LogP contribution is -2.38. The number of benzene rings is 2. The molecule has 2 N–H and O–H groups in total. The van der Waals surface area contributed by atoms with E-state index in [9.17, 15) is 13.2 Å². The summed E-state index contributed by atoms with van der Waals surface area (Å²) in [7, 11) is -2.22. The minimum absolute atomic E-state index is 0.0296. The van der Waals surface area contributed by atoms with E-state index in [1.807, 2.05) is 24.3 Å². The van der Waals surface area contributed by atoms with Crippen LogP contribution < -0.4 is 14.8 Å². The summed E-state index contributed by atoms with van der Waals surface area (Å²) in [4.78, 5) is 14.9. The highest BCUT2D eigenvalue weighted by atomic mass is 32.2. The van der Waals surface area contributed by atoms with E-state index < -0.39 is 10.0 Å². The average Bonchev–Trinajstić information content (AvgIpc) is 2.84. The molecule has 1 amide bonds. The van der Waals surface area contributed by atoms with E-state index in [1.165, 1.54) is 19.2 Å². The van der Waals surface area contributed by atoms with Gasteiger partial charge in [-0.05, 0) is 35.9 Å². The Bertz CT molecular complexity index is 1010. The monoisotopic (exact) mass is 477 g/mol. The molecule has 0 saturated carbocycles. The summed E-state index contributed by atoms with van der Waals surface area (Å²) in [5.74, 6) is 0.382. The molecule has 0 aromatic heterocycles. The van der Waals surface area contributed by atoms with Gasteiger partial charge in [0.1, 0.15) is 12.4 Å². The maximum atomic E-state index is 12.6. The van der Waals surface area contributed by atoms with Crippen LogP contribution >= 0.6 is 0 Å². The van der Waals surface area contributed by atoms with Gasteiger partial charge in [0.15, 0.2) is 0 Å². The first-order chi connectivity index (χ1) is 16.0. The molecule has 10 heteroatoms. The molecular formula is C23H31N3O6S. The smallest absolute Gasteiger partial charge is 0.251 e. The molecular weight excluding hydrogens is 446 g/mol. The van der Waals surface area contributed by atoms with Gasteiger partial charge >= 0.3 is 0 Å². The highest BCUT2D eigenvalue weighted by Crippen LogP contribution is 2.15. The van der Waals surface area contributed by atoms with Crippen LogP contribution in [-0.4, -0.2) is 78.9 Å². The molecule has 1 fully saturated rings. The van der Waals surface area contributed by atoms with Gasteiger partial charge in [-0.25, -0.2) is 13.1 Å². The Balaban J connectivity index is 1.51. The topological polar surface area (TPSA) is 106 Å². The molecule has 1 aliphatic heterocycles. The van der Waals surface area contributed by atoms with E-state index in [0.717, 1.165) is 44.2 Å². The lowest BCUT2D eigenvalue weighted by atomic mass is 10.2. The van der Waals surface area contributed by atoms with E-state index in [0.29, 0.717) is 13.2 Å². The van der Waals surface area contributed by atoms with Crippen LogP contribution in [0.1, 0.15) is 15.9 Å². The first kappa shape index (κ1) is 25.1. The van der Waals surface area contributed by atoms with Crippen molar-refractivity contribution in [3.05, 3.63) is 59.7 Å². The molecule has 1 aliphatic rings. The number of amides is 1. The highest BCUT2D eigenvalue weighted by Gasteiger charge is 2.16. The Morgan fingerprint density at radius 1 is 1.09 bits per heavy atom. The third-order valence-corrected chi connectivity index (χ3v) is 6.59. The molecule has 9 nitrogen and oxygen atoms in total. The molecule has 180 valence electrons. The lowest BCUT2D eigenvalue weighted by molar-refractivity contribution is 0.0322. The van der Waals surface area contributed by atoms with Crippen molar-refractivity contribution in [3.8, 4) is 5.75 Å². The number of nitrogens with zero attached hydrogens (tertiary/aromatic N) is 1. The summed E-state index contributed by atoms with van der Waals surface area (Å²) in [6.45, 7) is 5.47. The molecule has 1 saturated heterocycles. The number of rotatable bonds is 12. The Labute approximate surface area is 195 Å². The van der Waals surface area contributed by atoms with Crippen molar-refractivity contribution in [2.24, 2.45) is 0 Å². The minimum atomic E-state index is -3.72. The number of morpholine rings is 1. The number of carbonyl (C=O) groups excluding carboxylic acids is 1. The fourth-order valence-corrected chi connectivity index (χ4v) is 4.37. The quantitative estimate of drug-likeness (QED) is 0.443. The fourth-order valence-electron chi connectivity index (χ4n) is 3.31. The zero-order valence-corrected chi connectivity index (χ0v) is 19.6. The van der Waals surface area contributed by atoms with Gasteiger partial charge in [0.2, 0.25) is 10.0 Å². The van der Waals surface area contributed by atoms with Gasteiger partial charge in [-0.3, -0.25) is 9.69 Å². The summed E-state index contributed by atoms with van der Waals surface area (Å²) >= 11 is 0. The van der Waals surface area contributed by atoms with Gasteiger partial charge in [-0.1, -0.05) is 18.2 Å². The number of hydrogen-bond donors (Lipinski definition) is 2. The fraction of sp³-hybridized carbons (Fsp3) is 0.435. The number of hydrogen-bond acceptors (Lipinski definition) is 7. The predicted octanol–water partition coefficient (Wildman–Crippen LogP) is 1.25. The number of nitrogens with one attached hydrogen (secondary N) is 2. The standard InChI is InChI=1S/C23H31N3O6S/c1-30-12-8-25-33(28,29)22-7-3-5-20(17-22)23(27)24-18-19-4-2-6-21(16-19)32-15-11-26-9-13-31-14-10-26/h2-7,16-17,25H,8-15,18H2,1H3,(H,24,27). The zero-order chi connectivity index (χ0) is 23.5. The van der Waals surface area contributed by atoms with Gasteiger partial charge in [-0.15, -0.1) is 0 Å². The van der Waals surface area contributed by atoms with Crippen molar-refractivity contribution >= 4 is 15.9 Å². The SMILES string of the molecule is COCCNS(=O)(=O)c1cccc(C(=O)NCc2cccc(OCCN3CCOCC3)c2)c1. The Kier molecular flexibility index (Phi) is 9.64. The van der Waals surface area contributed by atoms with E-state index >= 15 is 0 Å². The highest BCUT2D eigenvalue weighted by molar-refractivity contribution is 7.89. The normalized spacial score (nSPS) is 14.7. The molecule has 0 atom stereocenters. The van der Waals surface area contributed by atoms with Gasteiger partial charge in [0.25, 0.3) is 5.91 Å². The zero-order valence-electron chi connectivity index (χ0n) is 18.8. The van der Waals surface area contributed by atoms with Crippen LogP contribution in [0.4, 0.5) is 0 Å². The molecule has 0 bridgehead atoms. The molecule has 0 unspecified atom stereocenters. The van der Waals surface area contributed by atoms with Crippen molar-refractivity contribution in [3.63, 3.8) is 0 Å². The van der Waals surface area contributed by atoms with Crippen LogP contribution in [0.3, 0.4) is 0 Å². The minimum Gasteiger partial charge on any atom is -0.492 e. The molecule has 1 heterocycles. The number of ether oxygens (including phenoxy) is 3. The molecule has 33 heavy (non-hydrogen) atoms. The average molecular weight is 478 g/mol. The van der Waals surface area contributed by atoms with E-state index in [4.69, 9.17) is 14.2 Å². The van der Waals surface area contributed by atoms with Crippen molar-refractivity contribution in [1.29, 1.82) is 0 Å². The molecule has 2 aromatic carbocycles. The van der Waals surface area contributed by atoms with Crippen molar-refractivity contribution in [1.82, 2.24) is 14.9 Å². The third kappa shape index (κ3) is 8.09. The number of carbonyl (C=O) groups is 1.